The maximum absolute atomic E-state index is 3.68. The van der Waals surface area contributed by atoms with Gasteiger partial charge in [-0.2, -0.15) is 0 Å². The van der Waals surface area contributed by atoms with Gasteiger partial charge >= 0.3 is 0 Å². The van der Waals surface area contributed by atoms with Crippen molar-refractivity contribution in [2.75, 3.05) is 40.8 Å². The summed E-state index contributed by atoms with van der Waals surface area (Å²) in [6, 6.07) is 5.60. The minimum absolute atomic E-state index is 0.494. The van der Waals surface area contributed by atoms with Gasteiger partial charge in [-0.05, 0) is 52.0 Å². The average Bonchev–Trinajstić information content (AvgIpc) is 2.89. The van der Waals surface area contributed by atoms with Crippen LogP contribution in [0.1, 0.15) is 30.2 Å². The van der Waals surface area contributed by atoms with E-state index in [-0.39, 0.29) is 0 Å². The second kappa shape index (κ2) is 7.39. The zero-order valence-corrected chi connectivity index (χ0v) is 13.2. The summed E-state index contributed by atoms with van der Waals surface area (Å²) in [4.78, 5) is 6.27. The summed E-state index contributed by atoms with van der Waals surface area (Å²) in [6.45, 7) is 3.42. The number of nitrogens with zero attached hydrogens (tertiary/aromatic N) is 2. The number of nitrogens with one attached hydrogen (secondary N) is 1. The summed E-state index contributed by atoms with van der Waals surface area (Å²) in [5, 5.41) is 5.85. The highest BCUT2D eigenvalue weighted by molar-refractivity contribution is 7.10. The van der Waals surface area contributed by atoms with E-state index in [1.807, 2.05) is 11.3 Å². The Bertz CT molecular complexity index is 350. The fourth-order valence-electron chi connectivity index (χ4n) is 2.81. The monoisotopic (exact) mass is 281 g/mol. The first-order valence-corrected chi connectivity index (χ1v) is 8.17. The minimum atomic E-state index is 0.494. The lowest BCUT2D eigenvalue weighted by Crippen LogP contribution is -2.44. The number of hydrogen-bond acceptors (Lipinski definition) is 4. The number of piperidine rings is 1. The summed E-state index contributed by atoms with van der Waals surface area (Å²) in [5.41, 5.74) is 0. The van der Waals surface area contributed by atoms with Crippen molar-refractivity contribution in [3.05, 3.63) is 22.4 Å². The number of likely N-dealkylation sites (tertiary alicyclic amines) is 1. The largest absolute Gasteiger partial charge is 0.313 e. The molecule has 0 saturated carbocycles. The number of rotatable bonds is 6. The molecule has 1 aliphatic rings. The van der Waals surface area contributed by atoms with Crippen molar-refractivity contribution < 1.29 is 0 Å². The Morgan fingerprint density at radius 2 is 2.32 bits per heavy atom. The summed E-state index contributed by atoms with van der Waals surface area (Å²) < 4.78 is 0. The number of likely N-dealkylation sites (N-methyl/N-ethyl adjacent to an activating group) is 2. The average molecular weight is 281 g/mol. The Hall–Kier alpha value is -0.420. The van der Waals surface area contributed by atoms with Crippen molar-refractivity contribution in [1.82, 2.24) is 15.1 Å². The molecule has 2 heterocycles. The molecule has 2 atom stereocenters. The molecule has 1 N–H and O–H groups in total. The molecular weight excluding hydrogens is 254 g/mol. The second-order valence-electron chi connectivity index (χ2n) is 5.78. The van der Waals surface area contributed by atoms with Gasteiger partial charge in [0.25, 0.3) is 0 Å². The number of hydrogen-bond donors (Lipinski definition) is 1. The third kappa shape index (κ3) is 4.28. The molecule has 2 unspecified atom stereocenters. The van der Waals surface area contributed by atoms with Gasteiger partial charge in [0.05, 0.1) is 6.04 Å². The lowest BCUT2D eigenvalue weighted by molar-refractivity contribution is 0.177. The predicted octanol–water partition coefficient (Wildman–Crippen LogP) is 2.42. The lowest BCUT2D eigenvalue weighted by atomic mass is 10.0. The van der Waals surface area contributed by atoms with Gasteiger partial charge < -0.3 is 15.1 Å². The standard InChI is InChI=1S/C15H27N3S/c1-17(2)14(15-8-6-10-19-15)12-16-11-13-7-4-5-9-18(13)3/h6,8,10,13-14,16H,4-5,7,9,11-12H2,1-3H3. The highest BCUT2D eigenvalue weighted by Gasteiger charge is 2.20. The van der Waals surface area contributed by atoms with E-state index in [4.69, 9.17) is 0 Å². The van der Waals surface area contributed by atoms with Crippen LogP contribution in [0, 0.1) is 0 Å². The molecule has 0 spiro atoms. The first-order valence-electron chi connectivity index (χ1n) is 7.29. The third-order valence-electron chi connectivity index (χ3n) is 4.13. The molecular formula is C15H27N3S. The predicted molar refractivity (Wildman–Crippen MR) is 83.9 cm³/mol. The second-order valence-corrected chi connectivity index (χ2v) is 6.76. The van der Waals surface area contributed by atoms with Gasteiger partial charge in [0.2, 0.25) is 0 Å². The van der Waals surface area contributed by atoms with E-state index in [1.54, 1.807) is 0 Å². The first kappa shape index (κ1) is 15.0. The summed E-state index contributed by atoms with van der Waals surface area (Å²) in [7, 11) is 6.59. The van der Waals surface area contributed by atoms with E-state index < -0.39 is 0 Å². The Morgan fingerprint density at radius 1 is 1.47 bits per heavy atom. The highest BCUT2D eigenvalue weighted by Crippen LogP contribution is 2.22. The molecule has 0 radical (unpaired) electrons. The fourth-order valence-corrected chi connectivity index (χ4v) is 3.73. The van der Waals surface area contributed by atoms with Crippen LogP contribution in [0.15, 0.2) is 17.5 Å². The van der Waals surface area contributed by atoms with Crippen LogP contribution in [0.2, 0.25) is 0 Å². The van der Waals surface area contributed by atoms with Crippen molar-refractivity contribution in [3.8, 4) is 0 Å². The molecule has 1 fully saturated rings. The molecule has 4 heteroatoms. The summed E-state index contributed by atoms with van der Waals surface area (Å²) >= 11 is 1.85. The van der Waals surface area contributed by atoms with E-state index in [0.717, 1.165) is 19.1 Å². The van der Waals surface area contributed by atoms with Crippen LogP contribution in [0.4, 0.5) is 0 Å². The van der Waals surface area contributed by atoms with Gasteiger partial charge in [-0.25, -0.2) is 0 Å². The van der Waals surface area contributed by atoms with Gasteiger partial charge in [0.15, 0.2) is 0 Å². The van der Waals surface area contributed by atoms with Crippen molar-refractivity contribution in [1.29, 1.82) is 0 Å². The Labute approximate surface area is 121 Å². The van der Waals surface area contributed by atoms with Crippen LogP contribution in [0.3, 0.4) is 0 Å². The van der Waals surface area contributed by atoms with Crippen LogP contribution in [-0.2, 0) is 0 Å². The molecule has 2 rings (SSSR count). The van der Waals surface area contributed by atoms with E-state index in [9.17, 15) is 0 Å². The van der Waals surface area contributed by atoms with Crippen molar-refractivity contribution in [2.24, 2.45) is 0 Å². The maximum Gasteiger partial charge on any atom is 0.0561 e. The highest BCUT2D eigenvalue weighted by atomic mass is 32.1. The number of thiophene rings is 1. The zero-order valence-electron chi connectivity index (χ0n) is 12.4. The van der Waals surface area contributed by atoms with E-state index in [1.165, 1.54) is 30.7 Å². The third-order valence-corrected chi connectivity index (χ3v) is 5.11. The molecule has 1 aliphatic heterocycles. The topological polar surface area (TPSA) is 18.5 Å². The fraction of sp³-hybridized carbons (Fsp3) is 0.733. The van der Waals surface area contributed by atoms with Crippen LogP contribution in [0.25, 0.3) is 0 Å². The van der Waals surface area contributed by atoms with E-state index >= 15 is 0 Å². The Balaban J connectivity index is 1.79. The van der Waals surface area contributed by atoms with Crippen LogP contribution >= 0.6 is 11.3 Å². The van der Waals surface area contributed by atoms with Gasteiger partial charge in [0.1, 0.15) is 0 Å². The molecule has 0 bridgehead atoms. The minimum Gasteiger partial charge on any atom is -0.313 e. The van der Waals surface area contributed by atoms with Crippen molar-refractivity contribution in [2.45, 2.75) is 31.3 Å². The van der Waals surface area contributed by atoms with Crippen LogP contribution < -0.4 is 5.32 Å². The van der Waals surface area contributed by atoms with E-state index in [0.29, 0.717) is 6.04 Å². The van der Waals surface area contributed by atoms with Crippen molar-refractivity contribution in [3.63, 3.8) is 0 Å². The molecule has 0 aliphatic carbocycles. The van der Waals surface area contributed by atoms with Crippen LogP contribution in [0.5, 0.6) is 0 Å². The Kier molecular flexibility index (Phi) is 5.82. The molecule has 108 valence electrons. The zero-order chi connectivity index (χ0) is 13.7. The summed E-state index contributed by atoms with van der Waals surface area (Å²) in [5.74, 6) is 0. The first-order chi connectivity index (χ1) is 9.18. The molecule has 0 amide bonds. The molecule has 3 nitrogen and oxygen atoms in total. The molecule has 0 aromatic carbocycles. The smallest absolute Gasteiger partial charge is 0.0561 e. The van der Waals surface area contributed by atoms with Gasteiger partial charge in [-0.3, -0.25) is 0 Å². The maximum atomic E-state index is 3.68. The molecule has 1 aromatic heterocycles. The van der Waals surface area contributed by atoms with E-state index in [2.05, 4.69) is 53.8 Å². The van der Waals surface area contributed by atoms with Crippen LogP contribution in [-0.4, -0.2) is 56.6 Å². The molecule has 19 heavy (non-hydrogen) atoms. The molecule has 1 saturated heterocycles. The Morgan fingerprint density at radius 3 is 2.95 bits per heavy atom. The molecule has 1 aromatic rings. The van der Waals surface area contributed by atoms with Gasteiger partial charge in [0, 0.05) is 24.0 Å². The lowest BCUT2D eigenvalue weighted by Gasteiger charge is -2.33. The quantitative estimate of drug-likeness (QED) is 0.864. The van der Waals surface area contributed by atoms with Gasteiger partial charge in [-0.1, -0.05) is 12.5 Å². The summed E-state index contributed by atoms with van der Waals surface area (Å²) in [6.07, 6.45) is 4.09. The SMILES string of the molecule is CN(C)C(CNCC1CCCCN1C)c1cccs1. The van der Waals surface area contributed by atoms with Gasteiger partial charge in [-0.15, -0.1) is 11.3 Å². The normalized spacial score (nSPS) is 22.8. The van der Waals surface area contributed by atoms with Crippen molar-refractivity contribution >= 4 is 11.3 Å².